The minimum atomic E-state index is -0.503. The highest BCUT2D eigenvalue weighted by molar-refractivity contribution is 5.95. The highest BCUT2D eigenvalue weighted by Gasteiger charge is 2.23. The number of carbonyl (C=O) groups excluding carboxylic acids is 2. The number of amides is 1. The fourth-order valence-corrected chi connectivity index (χ4v) is 4.62. The Labute approximate surface area is 233 Å². The topological polar surface area (TPSA) is 103 Å². The molecular weight excluding hydrogens is 508 g/mol. The highest BCUT2D eigenvalue weighted by atomic mass is 16.5. The molecule has 0 spiro atoms. The van der Waals surface area contributed by atoms with Gasteiger partial charge < -0.3 is 19.5 Å². The Hall–Kier alpha value is -4.10. The van der Waals surface area contributed by atoms with Crippen LogP contribution in [0, 0.1) is 17.8 Å². The number of morpholine rings is 1. The van der Waals surface area contributed by atoms with Gasteiger partial charge in [-0.05, 0) is 49.2 Å². The molecule has 5 rings (SSSR count). The number of pyridine rings is 2. The van der Waals surface area contributed by atoms with Gasteiger partial charge in [-0.15, -0.1) is 0 Å². The van der Waals surface area contributed by atoms with Crippen molar-refractivity contribution in [3.05, 3.63) is 77.1 Å². The summed E-state index contributed by atoms with van der Waals surface area (Å²) < 4.78 is 15.7. The van der Waals surface area contributed by atoms with Gasteiger partial charge in [-0.2, -0.15) is 0 Å². The van der Waals surface area contributed by atoms with Crippen LogP contribution in [-0.2, 0) is 25.5 Å². The van der Waals surface area contributed by atoms with Gasteiger partial charge in [0.05, 0.1) is 37.3 Å². The van der Waals surface area contributed by atoms with E-state index in [2.05, 4.69) is 32.0 Å². The number of ether oxygens (including phenoxy) is 3. The number of rotatable bonds is 6. The standard InChI is InChI=1S/C31H32N4O5/c1-38-31(37)26-18-28(33-29(19-26)34-30(36)25-10-14-39-15-11-25)24-7-4-22(5-8-24)2-3-23-6-9-27(32-20-23)21-35-12-16-40-17-13-35/h4-9,18-20,25H,10-17,21H2,1H3,(H,33,34,36). The van der Waals surface area contributed by atoms with Gasteiger partial charge in [-0.25, -0.2) is 9.78 Å². The molecule has 9 heteroatoms. The fourth-order valence-electron chi connectivity index (χ4n) is 4.62. The van der Waals surface area contributed by atoms with Crippen LogP contribution in [0.5, 0.6) is 0 Å². The van der Waals surface area contributed by atoms with Gasteiger partial charge in [0.1, 0.15) is 5.82 Å². The summed E-state index contributed by atoms with van der Waals surface area (Å²) >= 11 is 0. The van der Waals surface area contributed by atoms with Crippen molar-refractivity contribution in [3.63, 3.8) is 0 Å². The molecule has 2 fully saturated rings. The van der Waals surface area contributed by atoms with Crippen LogP contribution in [0.25, 0.3) is 11.3 Å². The van der Waals surface area contributed by atoms with Crippen LogP contribution in [0.15, 0.2) is 54.7 Å². The SMILES string of the molecule is COC(=O)c1cc(NC(=O)C2CCOCC2)nc(-c2ccc(C#Cc3ccc(CN4CCOCC4)nc3)cc2)c1. The van der Waals surface area contributed by atoms with Crippen molar-refractivity contribution in [2.24, 2.45) is 5.92 Å². The average molecular weight is 541 g/mol. The van der Waals surface area contributed by atoms with Crippen LogP contribution in [-0.4, -0.2) is 73.4 Å². The summed E-state index contributed by atoms with van der Waals surface area (Å²) in [4.78, 5) is 36.6. The van der Waals surface area contributed by atoms with Gasteiger partial charge in [0.25, 0.3) is 0 Å². The summed E-state index contributed by atoms with van der Waals surface area (Å²) in [6.45, 7) is 5.31. The van der Waals surface area contributed by atoms with E-state index in [1.165, 1.54) is 13.2 Å². The van der Waals surface area contributed by atoms with E-state index in [9.17, 15) is 9.59 Å². The third-order valence-electron chi connectivity index (χ3n) is 6.94. The lowest BCUT2D eigenvalue weighted by Gasteiger charge is -2.26. The van der Waals surface area contributed by atoms with Crippen LogP contribution in [0.1, 0.15) is 40.0 Å². The molecular formula is C31H32N4O5. The zero-order valence-electron chi connectivity index (χ0n) is 22.5. The zero-order valence-corrected chi connectivity index (χ0v) is 22.5. The minimum Gasteiger partial charge on any atom is -0.465 e. The first kappa shape index (κ1) is 27.5. The maximum Gasteiger partial charge on any atom is 0.338 e. The third-order valence-corrected chi connectivity index (χ3v) is 6.94. The normalized spacial score (nSPS) is 16.0. The number of hydrogen-bond acceptors (Lipinski definition) is 8. The second kappa shape index (κ2) is 13.3. The van der Waals surface area contributed by atoms with Crippen LogP contribution in [0.3, 0.4) is 0 Å². The van der Waals surface area contributed by atoms with Crippen LogP contribution in [0.4, 0.5) is 5.82 Å². The van der Waals surface area contributed by atoms with Crippen molar-refractivity contribution >= 4 is 17.7 Å². The average Bonchev–Trinajstić information content (AvgIpc) is 3.01. The molecule has 206 valence electrons. The second-order valence-electron chi connectivity index (χ2n) is 9.75. The van der Waals surface area contributed by atoms with Crippen LogP contribution < -0.4 is 5.32 Å². The van der Waals surface area contributed by atoms with Gasteiger partial charge >= 0.3 is 5.97 Å². The minimum absolute atomic E-state index is 0.127. The Morgan fingerprint density at radius 3 is 2.38 bits per heavy atom. The van der Waals surface area contributed by atoms with Crippen LogP contribution >= 0.6 is 0 Å². The monoisotopic (exact) mass is 540 g/mol. The summed E-state index contributed by atoms with van der Waals surface area (Å²) in [7, 11) is 1.32. The van der Waals surface area contributed by atoms with Gasteiger partial charge in [0.15, 0.2) is 0 Å². The molecule has 0 unspecified atom stereocenters. The Morgan fingerprint density at radius 1 is 0.975 bits per heavy atom. The summed E-state index contributed by atoms with van der Waals surface area (Å²) in [5.74, 6) is 5.87. The number of esters is 1. The van der Waals surface area contributed by atoms with Gasteiger partial charge in [-0.3, -0.25) is 14.7 Å². The van der Waals surface area contributed by atoms with Crippen molar-refractivity contribution in [1.82, 2.24) is 14.9 Å². The smallest absolute Gasteiger partial charge is 0.338 e. The van der Waals surface area contributed by atoms with E-state index in [1.807, 2.05) is 36.4 Å². The molecule has 9 nitrogen and oxygen atoms in total. The molecule has 2 saturated heterocycles. The fraction of sp³-hybridized carbons (Fsp3) is 0.355. The molecule has 0 saturated carbocycles. The van der Waals surface area contributed by atoms with E-state index in [0.717, 1.165) is 55.2 Å². The molecule has 1 amide bonds. The number of methoxy groups -OCH3 is 1. The number of benzene rings is 1. The van der Waals surface area contributed by atoms with E-state index in [4.69, 9.17) is 14.2 Å². The molecule has 0 aliphatic carbocycles. The molecule has 1 N–H and O–H groups in total. The van der Waals surface area contributed by atoms with E-state index in [1.54, 1.807) is 12.3 Å². The van der Waals surface area contributed by atoms with Crippen LogP contribution in [0.2, 0.25) is 0 Å². The first-order chi connectivity index (χ1) is 19.6. The Morgan fingerprint density at radius 2 is 1.68 bits per heavy atom. The van der Waals surface area contributed by atoms with Gasteiger partial charge in [0, 0.05) is 61.7 Å². The highest BCUT2D eigenvalue weighted by Crippen LogP contribution is 2.24. The molecule has 0 atom stereocenters. The van der Waals surface area contributed by atoms with Gasteiger partial charge in [-0.1, -0.05) is 24.0 Å². The summed E-state index contributed by atoms with van der Waals surface area (Å²) in [5, 5.41) is 2.87. The third kappa shape index (κ3) is 7.30. The Balaban J connectivity index is 1.28. The van der Waals surface area contributed by atoms with Crippen molar-refractivity contribution in [2.45, 2.75) is 19.4 Å². The maximum atomic E-state index is 12.8. The van der Waals surface area contributed by atoms with E-state index in [0.29, 0.717) is 43.1 Å². The Bertz CT molecular complexity index is 1380. The lowest BCUT2D eigenvalue weighted by Crippen LogP contribution is -2.35. The quantitative estimate of drug-likeness (QED) is 0.374. The largest absolute Gasteiger partial charge is 0.465 e. The molecule has 0 bridgehead atoms. The second-order valence-corrected chi connectivity index (χ2v) is 9.75. The first-order valence-corrected chi connectivity index (χ1v) is 13.4. The van der Waals surface area contributed by atoms with E-state index in [-0.39, 0.29) is 11.8 Å². The maximum absolute atomic E-state index is 12.8. The van der Waals surface area contributed by atoms with Crippen molar-refractivity contribution < 1.29 is 23.8 Å². The van der Waals surface area contributed by atoms with E-state index >= 15 is 0 Å². The van der Waals surface area contributed by atoms with Crippen molar-refractivity contribution in [3.8, 4) is 23.1 Å². The number of nitrogens with zero attached hydrogens (tertiary/aromatic N) is 3. The number of hydrogen-bond donors (Lipinski definition) is 1. The molecule has 0 radical (unpaired) electrons. The predicted octanol–water partition coefficient (Wildman–Crippen LogP) is 3.53. The van der Waals surface area contributed by atoms with Gasteiger partial charge in [0.2, 0.25) is 5.91 Å². The Kier molecular flexibility index (Phi) is 9.14. The number of anilines is 1. The lowest BCUT2D eigenvalue weighted by molar-refractivity contribution is -0.122. The number of nitrogens with one attached hydrogen (secondary N) is 1. The molecule has 2 aromatic heterocycles. The first-order valence-electron chi connectivity index (χ1n) is 13.4. The number of carbonyl (C=O) groups is 2. The van der Waals surface area contributed by atoms with E-state index < -0.39 is 5.97 Å². The molecule has 1 aromatic carbocycles. The number of aromatic nitrogens is 2. The molecule has 3 aromatic rings. The summed E-state index contributed by atoms with van der Waals surface area (Å²) in [6.07, 6.45) is 3.12. The summed E-state index contributed by atoms with van der Waals surface area (Å²) in [5.41, 5.74) is 4.33. The molecule has 2 aliphatic heterocycles. The lowest BCUT2D eigenvalue weighted by atomic mass is 9.99. The molecule has 40 heavy (non-hydrogen) atoms. The predicted molar refractivity (Wildman–Crippen MR) is 149 cm³/mol. The summed E-state index contributed by atoms with van der Waals surface area (Å²) in [6, 6.07) is 14.8. The van der Waals surface area contributed by atoms with Crippen molar-refractivity contribution in [2.75, 3.05) is 51.9 Å². The molecule has 4 heterocycles. The zero-order chi connectivity index (χ0) is 27.7. The van der Waals surface area contributed by atoms with Crippen molar-refractivity contribution in [1.29, 1.82) is 0 Å². The molecule has 2 aliphatic rings.